The van der Waals surface area contributed by atoms with Gasteiger partial charge in [-0.3, -0.25) is 15.1 Å². The summed E-state index contributed by atoms with van der Waals surface area (Å²) >= 11 is 1.46. The molecule has 7 heteroatoms. The van der Waals surface area contributed by atoms with Gasteiger partial charge in [0.15, 0.2) is 5.13 Å². The molecule has 6 nitrogen and oxygen atoms in total. The van der Waals surface area contributed by atoms with Crippen LogP contribution >= 0.6 is 11.3 Å². The van der Waals surface area contributed by atoms with Crippen LogP contribution in [0.1, 0.15) is 20.8 Å². The molecule has 0 saturated heterocycles. The van der Waals surface area contributed by atoms with Gasteiger partial charge >= 0.3 is 0 Å². The maximum absolute atomic E-state index is 12.3. The molecule has 0 fully saturated rings. The number of rotatable bonds is 3. The Morgan fingerprint density at radius 3 is 3.00 bits per heavy atom. The van der Waals surface area contributed by atoms with E-state index in [0.29, 0.717) is 5.13 Å². The van der Waals surface area contributed by atoms with E-state index in [9.17, 15) is 9.90 Å². The van der Waals surface area contributed by atoms with Crippen LogP contribution in [0.3, 0.4) is 0 Å². The van der Waals surface area contributed by atoms with Crippen molar-refractivity contribution >= 4 is 22.4 Å². The van der Waals surface area contributed by atoms with Crippen LogP contribution in [-0.4, -0.2) is 28.1 Å². The van der Waals surface area contributed by atoms with Gasteiger partial charge in [-0.25, -0.2) is 4.98 Å². The number of hydrogen-bond acceptors (Lipinski definition) is 6. The molecule has 0 radical (unpaired) electrons. The number of carbonyl (C=O) groups excluding carboxylic acids is 1. The number of benzene rings is 1. The summed E-state index contributed by atoms with van der Waals surface area (Å²) in [4.78, 5) is 21.9. The average molecular weight is 353 g/mol. The minimum absolute atomic E-state index is 0.105. The van der Waals surface area contributed by atoms with E-state index < -0.39 is 5.91 Å². The van der Waals surface area contributed by atoms with Crippen molar-refractivity contribution in [1.29, 1.82) is 0 Å². The molecule has 25 heavy (non-hydrogen) atoms. The number of pyridine rings is 1. The van der Waals surface area contributed by atoms with Crippen molar-refractivity contribution in [2.45, 2.75) is 12.8 Å². The monoisotopic (exact) mass is 353 g/mol. The number of hydrogen-bond donors (Lipinski definition) is 2. The first-order valence-corrected chi connectivity index (χ1v) is 8.58. The lowest BCUT2D eigenvalue weighted by molar-refractivity contribution is 0.102. The zero-order valence-corrected chi connectivity index (χ0v) is 14.3. The number of ether oxygens (including phenoxy) is 1. The third-order valence-corrected chi connectivity index (χ3v) is 5.18. The minimum atomic E-state index is -0.424. The number of nitrogens with zero attached hydrogens (tertiary/aromatic N) is 2. The van der Waals surface area contributed by atoms with Crippen LogP contribution in [0.15, 0.2) is 36.7 Å². The number of aromatic hydroxyl groups is 1. The molecule has 2 heterocycles. The number of nitrogens with one attached hydrogen (secondary N) is 1. The van der Waals surface area contributed by atoms with Gasteiger partial charge in [0, 0.05) is 22.8 Å². The van der Waals surface area contributed by atoms with Gasteiger partial charge in [0.2, 0.25) is 0 Å². The number of aryl methyl sites for hydroxylation is 2. The van der Waals surface area contributed by atoms with Crippen molar-refractivity contribution < 1.29 is 14.6 Å². The summed E-state index contributed by atoms with van der Waals surface area (Å²) < 4.78 is 5.28. The summed E-state index contributed by atoms with van der Waals surface area (Å²) in [7, 11) is 1.65. The van der Waals surface area contributed by atoms with Crippen LogP contribution in [0.2, 0.25) is 0 Å². The molecule has 0 bridgehead atoms. The van der Waals surface area contributed by atoms with Gasteiger partial charge < -0.3 is 9.84 Å². The van der Waals surface area contributed by atoms with E-state index in [1.807, 2.05) is 18.2 Å². The van der Waals surface area contributed by atoms with Crippen LogP contribution in [0, 0.1) is 0 Å². The fourth-order valence-electron chi connectivity index (χ4n) is 2.89. The maximum atomic E-state index is 12.3. The Labute approximate surface area is 148 Å². The van der Waals surface area contributed by atoms with Gasteiger partial charge in [-0.2, -0.15) is 0 Å². The van der Waals surface area contributed by atoms with Crippen molar-refractivity contribution in [1.82, 2.24) is 9.97 Å². The second-order valence-corrected chi connectivity index (χ2v) is 6.74. The largest absolute Gasteiger partial charge is 0.507 e. The van der Waals surface area contributed by atoms with Crippen molar-refractivity contribution in [3.63, 3.8) is 0 Å². The van der Waals surface area contributed by atoms with Crippen LogP contribution in [0.4, 0.5) is 5.13 Å². The van der Waals surface area contributed by atoms with Gasteiger partial charge in [-0.15, -0.1) is 11.3 Å². The van der Waals surface area contributed by atoms with Gasteiger partial charge in [-0.05, 0) is 42.7 Å². The Morgan fingerprint density at radius 2 is 2.20 bits per heavy atom. The fourth-order valence-corrected chi connectivity index (χ4v) is 3.87. The smallest absolute Gasteiger partial charge is 0.262 e. The molecule has 1 amide bonds. The van der Waals surface area contributed by atoms with Gasteiger partial charge in [0.1, 0.15) is 11.5 Å². The van der Waals surface area contributed by atoms with Crippen LogP contribution in [0.5, 0.6) is 11.5 Å². The molecule has 3 aromatic rings. The second-order valence-electron chi connectivity index (χ2n) is 5.66. The third kappa shape index (κ3) is 2.83. The topological polar surface area (TPSA) is 84.3 Å². The number of aromatic nitrogens is 2. The molecule has 4 rings (SSSR count). The highest BCUT2D eigenvalue weighted by Gasteiger charge is 2.22. The van der Waals surface area contributed by atoms with Crippen LogP contribution in [-0.2, 0) is 12.8 Å². The first-order chi connectivity index (χ1) is 12.2. The molecule has 0 atom stereocenters. The average Bonchev–Trinajstić information content (AvgIpc) is 3.04. The van der Waals surface area contributed by atoms with Gasteiger partial charge in [-0.1, -0.05) is 0 Å². The summed E-state index contributed by atoms with van der Waals surface area (Å²) in [6, 6.07) is 7.33. The van der Waals surface area contributed by atoms with Crippen LogP contribution in [0.25, 0.3) is 11.3 Å². The summed E-state index contributed by atoms with van der Waals surface area (Å²) in [5.41, 5.74) is 3.29. The molecule has 0 aliphatic heterocycles. The standard InChI is InChI=1S/C18H15N3O3S/c1-24-11-3-4-12-10(8-11)2-5-15-16(12)20-18(25-15)21-17(23)13-9-19-7-6-14(13)22/h3-4,6-9H,2,5H2,1H3,(H,19,22)(H,20,21,23). The SMILES string of the molecule is COc1ccc2c(c1)CCc1sc(NC(=O)c3cnccc3O)nc1-2. The number of amides is 1. The molecule has 2 N–H and O–H groups in total. The van der Waals surface area contributed by atoms with E-state index in [-0.39, 0.29) is 11.3 Å². The van der Waals surface area contributed by atoms with Gasteiger partial charge in [0.25, 0.3) is 5.91 Å². The lowest BCUT2D eigenvalue weighted by Crippen LogP contribution is -2.12. The predicted molar refractivity (Wildman–Crippen MR) is 95.4 cm³/mol. The van der Waals surface area contributed by atoms with Gasteiger partial charge in [0.05, 0.1) is 18.4 Å². The lowest BCUT2D eigenvalue weighted by atomic mass is 9.93. The van der Waals surface area contributed by atoms with Crippen molar-refractivity contribution in [3.05, 3.63) is 52.7 Å². The fraction of sp³-hybridized carbons (Fsp3) is 0.167. The van der Waals surface area contributed by atoms with E-state index >= 15 is 0 Å². The molecule has 0 unspecified atom stereocenters. The normalized spacial score (nSPS) is 12.2. The van der Waals surface area contributed by atoms with Crippen molar-refractivity contribution in [2.24, 2.45) is 0 Å². The molecule has 0 spiro atoms. The Morgan fingerprint density at radius 1 is 1.32 bits per heavy atom. The maximum Gasteiger partial charge on any atom is 0.262 e. The van der Waals surface area contributed by atoms with Crippen LogP contribution < -0.4 is 10.1 Å². The van der Waals surface area contributed by atoms with E-state index in [4.69, 9.17) is 4.74 Å². The van der Waals surface area contributed by atoms with E-state index in [0.717, 1.165) is 34.7 Å². The van der Waals surface area contributed by atoms with E-state index in [1.165, 1.54) is 35.4 Å². The summed E-state index contributed by atoms with van der Waals surface area (Å²) in [5, 5.41) is 13.0. The number of anilines is 1. The highest BCUT2D eigenvalue weighted by Crippen LogP contribution is 2.39. The molecule has 1 aliphatic rings. The number of thiazole rings is 1. The first kappa shape index (κ1) is 15.6. The quantitative estimate of drug-likeness (QED) is 0.755. The molecular weight excluding hydrogens is 338 g/mol. The highest BCUT2D eigenvalue weighted by molar-refractivity contribution is 7.16. The number of carbonyl (C=O) groups is 1. The zero-order valence-electron chi connectivity index (χ0n) is 13.4. The number of methoxy groups -OCH3 is 1. The van der Waals surface area contributed by atoms with Crippen molar-refractivity contribution in [2.75, 3.05) is 12.4 Å². The second kappa shape index (κ2) is 6.18. The zero-order chi connectivity index (χ0) is 17.4. The molecule has 0 saturated carbocycles. The van der Waals surface area contributed by atoms with Crippen molar-refractivity contribution in [3.8, 4) is 22.8 Å². The summed E-state index contributed by atoms with van der Waals surface area (Å²) in [5.74, 6) is 0.302. The Hall–Kier alpha value is -2.93. The molecule has 126 valence electrons. The molecule has 2 aromatic heterocycles. The molecular formula is C18H15N3O3S. The minimum Gasteiger partial charge on any atom is -0.507 e. The Balaban J connectivity index is 1.63. The Bertz CT molecular complexity index is 968. The highest BCUT2D eigenvalue weighted by atomic mass is 32.1. The lowest BCUT2D eigenvalue weighted by Gasteiger charge is -2.15. The predicted octanol–water partition coefficient (Wildman–Crippen LogP) is 3.27. The third-order valence-electron chi connectivity index (χ3n) is 4.15. The molecule has 1 aromatic carbocycles. The summed E-state index contributed by atoms with van der Waals surface area (Å²) in [6.45, 7) is 0. The van der Waals surface area contributed by atoms with E-state index in [2.05, 4.69) is 15.3 Å². The number of fused-ring (bicyclic) bond motifs is 3. The van der Waals surface area contributed by atoms with E-state index in [1.54, 1.807) is 7.11 Å². The summed E-state index contributed by atoms with van der Waals surface area (Å²) in [6.07, 6.45) is 4.55. The molecule has 1 aliphatic carbocycles. The first-order valence-electron chi connectivity index (χ1n) is 7.77. The Kier molecular flexibility index (Phi) is 3.85.